The minimum absolute atomic E-state index is 0.442. The Morgan fingerprint density at radius 2 is 0.574 bits per heavy atom. The number of hydrogen-bond donors (Lipinski definition) is 2. The summed E-state index contributed by atoms with van der Waals surface area (Å²) in [5.41, 5.74) is 11.1. The van der Waals surface area contributed by atoms with E-state index in [9.17, 15) is 9.59 Å². The molecule has 0 saturated heterocycles. The van der Waals surface area contributed by atoms with Crippen molar-refractivity contribution in [2.75, 3.05) is 108 Å². The van der Waals surface area contributed by atoms with Crippen LogP contribution in [0.5, 0.6) is 0 Å². The summed E-state index contributed by atoms with van der Waals surface area (Å²) < 4.78 is 67.4. The number of hydrogen-bond acceptors (Lipinski definition) is 14. The maximum atomic E-state index is 11.9. The maximum Gasteiger partial charge on any atom is 0.500 e. The molecule has 0 aromatic rings. The fourth-order valence-electron chi connectivity index (χ4n) is 5.72. The molecule has 0 aromatic carbocycles. The highest BCUT2D eigenvalue weighted by Crippen LogP contribution is 2.21. The Morgan fingerprint density at radius 3 is 0.722 bits per heavy atom. The maximum absolute atomic E-state index is 11.9. The van der Waals surface area contributed by atoms with Crippen LogP contribution in [0, 0.1) is 0 Å². The van der Waals surface area contributed by atoms with E-state index in [2.05, 4.69) is 0 Å². The standard InChI is InChI=1S/C19H44N2O7Si2.C13H32N2O7Si2/c1-7-23-29(24-8-2,25-9-3)17-13-15-21(19(20)22)16-14-18-30(26-10-4,27-11-5)28-12-6;1-17-23(18-2,19-3)11-7-9-15(13(14)16)10-8-12-24(20-4,21-5)22-6/h7-18H2,1-6H3,(H2,20,22);7-12H2,1-6H3,(H2,14,16). The number of rotatable bonds is 34. The topological polar surface area (TPSA) is 203 Å². The normalized spacial score (nSPS) is 12.4. The third kappa shape index (κ3) is 21.5. The quantitative estimate of drug-likeness (QED) is 0.0874. The number of primary amides is 2. The van der Waals surface area contributed by atoms with Crippen LogP contribution in [0.4, 0.5) is 9.59 Å². The molecule has 0 aliphatic heterocycles. The first kappa shape index (κ1) is 55.0. The molecule has 4 N–H and O–H groups in total. The van der Waals surface area contributed by atoms with E-state index in [-0.39, 0.29) is 0 Å². The molecule has 0 bridgehead atoms. The van der Waals surface area contributed by atoms with E-state index in [0.717, 1.165) is 0 Å². The number of nitrogens with two attached hydrogens (primary N) is 2. The minimum Gasteiger partial charge on any atom is -0.377 e. The van der Waals surface area contributed by atoms with Gasteiger partial charge in [-0.2, -0.15) is 0 Å². The van der Waals surface area contributed by atoms with E-state index in [0.29, 0.717) is 116 Å². The van der Waals surface area contributed by atoms with Gasteiger partial charge in [-0.05, 0) is 67.2 Å². The summed E-state index contributed by atoms with van der Waals surface area (Å²) in [6.07, 6.45) is 2.73. The van der Waals surface area contributed by atoms with Crippen LogP contribution in [0.3, 0.4) is 0 Å². The van der Waals surface area contributed by atoms with Crippen LogP contribution < -0.4 is 11.5 Å². The van der Waals surface area contributed by atoms with Gasteiger partial charge >= 0.3 is 47.3 Å². The molecule has 22 heteroatoms. The lowest BCUT2D eigenvalue weighted by Crippen LogP contribution is -2.47. The van der Waals surface area contributed by atoms with E-state index in [1.54, 1.807) is 52.5 Å². The zero-order chi connectivity index (χ0) is 41.5. The second-order valence-corrected chi connectivity index (χ2v) is 23.3. The predicted octanol–water partition coefficient (Wildman–Crippen LogP) is 4.15. The second-order valence-electron chi connectivity index (χ2n) is 11.6. The van der Waals surface area contributed by atoms with Gasteiger partial charge < -0.3 is 74.4 Å². The zero-order valence-corrected chi connectivity index (χ0v) is 39.5. The minimum atomic E-state index is -2.72. The molecule has 0 aromatic heterocycles. The molecule has 0 heterocycles. The molecule has 0 spiro atoms. The number of carbonyl (C=O) groups excluding carboxylic acids is 2. The van der Waals surface area contributed by atoms with Crippen LogP contribution in [-0.2, 0) is 53.1 Å². The summed E-state index contributed by atoms with van der Waals surface area (Å²) >= 11 is 0. The summed E-state index contributed by atoms with van der Waals surface area (Å²) in [7, 11) is -1.31. The van der Waals surface area contributed by atoms with Crippen molar-refractivity contribution >= 4 is 47.3 Å². The average molecular weight is 853 g/mol. The molecule has 324 valence electrons. The van der Waals surface area contributed by atoms with E-state index in [1.165, 1.54) is 0 Å². The van der Waals surface area contributed by atoms with Gasteiger partial charge in [0.1, 0.15) is 0 Å². The van der Waals surface area contributed by atoms with E-state index in [4.69, 9.17) is 64.6 Å². The second kappa shape index (κ2) is 31.9. The third-order valence-electron chi connectivity index (χ3n) is 8.32. The van der Waals surface area contributed by atoms with Gasteiger partial charge in [0.15, 0.2) is 0 Å². The van der Waals surface area contributed by atoms with Crippen molar-refractivity contribution in [2.24, 2.45) is 11.5 Å². The smallest absolute Gasteiger partial charge is 0.377 e. The molecule has 18 nitrogen and oxygen atoms in total. The molecule has 0 rings (SSSR count). The van der Waals surface area contributed by atoms with Crippen LogP contribution in [0.15, 0.2) is 0 Å². The van der Waals surface area contributed by atoms with Crippen molar-refractivity contribution in [3.63, 3.8) is 0 Å². The van der Waals surface area contributed by atoms with Crippen molar-refractivity contribution < 1.29 is 62.7 Å². The Balaban J connectivity index is 0. The van der Waals surface area contributed by atoms with Gasteiger partial charge in [0, 0.05) is 133 Å². The third-order valence-corrected chi connectivity index (χ3v) is 20.3. The zero-order valence-electron chi connectivity index (χ0n) is 35.5. The van der Waals surface area contributed by atoms with Gasteiger partial charge in [-0.3, -0.25) is 0 Å². The van der Waals surface area contributed by atoms with Crippen molar-refractivity contribution in [3.8, 4) is 0 Å². The molecule has 54 heavy (non-hydrogen) atoms. The molecule has 0 aliphatic rings. The van der Waals surface area contributed by atoms with Crippen molar-refractivity contribution in [1.82, 2.24) is 9.80 Å². The molecule has 0 fully saturated rings. The summed E-state index contributed by atoms with van der Waals surface area (Å²) in [6, 6.07) is 1.58. The van der Waals surface area contributed by atoms with Crippen molar-refractivity contribution in [1.29, 1.82) is 0 Å². The Bertz CT molecular complexity index is 837. The highest BCUT2D eigenvalue weighted by molar-refractivity contribution is 6.61. The molecule has 4 amide bonds. The molecular formula is C32H76N4O14Si4. The molecule has 0 unspecified atom stereocenters. The predicted molar refractivity (Wildman–Crippen MR) is 215 cm³/mol. The first-order valence-electron chi connectivity index (χ1n) is 19.0. The Morgan fingerprint density at radius 1 is 0.389 bits per heavy atom. The van der Waals surface area contributed by atoms with Gasteiger partial charge in [0.25, 0.3) is 0 Å². The number of amides is 4. The van der Waals surface area contributed by atoms with Gasteiger partial charge in [-0.15, -0.1) is 0 Å². The van der Waals surface area contributed by atoms with Gasteiger partial charge in [-0.25, -0.2) is 9.59 Å². The van der Waals surface area contributed by atoms with E-state index < -0.39 is 47.3 Å². The van der Waals surface area contributed by atoms with Crippen molar-refractivity contribution in [3.05, 3.63) is 0 Å². The summed E-state index contributed by atoms with van der Waals surface area (Å²) in [4.78, 5) is 26.8. The monoisotopic (exact) mass is 852 g/mol. The van der Waals surface area contributed by atoms with Gasteiger partial charge in [0.05, 0.1) is 0 Å². The Hall–Kier alpha value is -1.07. The molecular weight excluding hydrogens is 777 g/mol. The summed E-state index contributed by atoms with van der Waals surface area (Å²) in [5.74, 6) is 0. The van der Waals surface area contributed by atoms with Crippen LogP contribution in [-0.4, -0.2) is 166 Å². The molecule has 0 atom stereocenters. The first-order valence-corrected chi connectivity index (χ1v) is 26.7. The molecule has 0 radical (unpaired) electrons. The van der Waals surface area contributed by atoms with Crippen LogP contribution in [0.1, 0.15) is 67.2 Å². The van der Waals surface area contributed by atoms with Gasteiger partial charge in [0.2, 0.25) is 0 Å². The van der Waals surface area contributed by atoms with Crippen LogP contribution >= 0.6 is 0 Å². The summed E-state index contributed by atoms with van der Waals surface area (Å²) in [6.45, 7) is 16.8. The lowest BCUT2D eigenvalue weighted by atomic mass is 10.4. The van der Waals surface area contributed by atoms with E-state index in [1.807, 2.05) is 41.5 Å². The number of nitrogens with zero attached hydrogens (tertiary/aromatic N) is 2. The van der Waals surface area contributed by atoms with Crippen molar-refractivity contribution in [2.45, 2.75) is 91.4 Å². The highest BCUT2D eigenvalue weighted by atomic mass is 28.4. The largest absolute Gasteiger partial charge is 0.500 e. The fourth-order valence-corrected chi connectivity index (χ4v) is 14.3. The number of urea groups is 2. The summed E-state index contributed by atoms with van der Waals surface area (Å²) in [5, 5.41) is 0. The first-order chi connectivity index (χ1) is 25.8. The fraction of sp³-hybridized carbons (Fsp3) is 0.938. The van der Waals surface area contributed by atoms with Crippen LogP contribution in [0.25, 0.3) is 0 Å². The lowest BCUT2D eigenvalue weighted by molar-refractivity contribution is 0.0697. The molecule has 0 saturated carbocycles. The lowest BCUT2D eigenvalue weighted by Gasteiger charge is -2.30. The van der Waals surface area contributed by atoms with Gasteiger partial charge in [-0.1, -0.05) is 0 Å². The van der Waals surface area contributed by atoms with Crippen LogP contribution in [0.2, 0.25) is 24.2 Å². The highest BCUT2D eigenvalue weighted by Gasteiger charge is 2.42. The SMILES string of the molecule is CCO[Si](CCCN(CCC[Si](OCC)(OCC)OCC)C(N)=O)(OCC)OCC.CO[Si](CCCN(CCC[Si](OC)(OC)OC)C(N)=O)(OC)OC. The molecule has 0 aliphatic carbocycles. The average Bonchev–Trinajstić information content (AvgIpc) is 3.15. The number of carbonyl (C=O) groups is 2. The Kier molecular flexibility index (Phi) is 32.6. The van der Waals surface area contributed by atoms with E-state index >= 15 is 0 Å². The Labute approximate surface area is 330 Å².